The lowest BCUT2D eigenvalue weighted by atomic mass is 10.0. The summed E-state index contributed by atoms with van der Waals surface area (Å²) in [4.78, 5) is 19.0. The summed E-state index contributed by atoms with van der Waals surface area (Å²) >= 11 is 0. The molecule has 3 aliphatic rings. The number of nitrogens with one attached hydrogen (secondary N) is 3. The predicted octanol–water partition coefficient (Wildman–Crippen LogP) is 2.48. The molecule has 3 fully saturated rings. The zero-order chi connectivity index (χ0) is 18.2. The molecule has 3 N–H and O–H groups in total. The van der Waals surface area contributed by atoms with Gasteiger partial charge < -0.3 is 16.0 Å². The number of rotatable bonds is 7. The molecule has 1 amide bonds. The molecule has 1 unspecified atom stereocenters. The van der Waals surface area contributed by atoms with E-state index in [4.69, 9.17) is 0 Å². The van der Waals surface area contributed by atoms with Crippen LogP contribution in [0, 0.1) is 5.92 Å². The Morgan fingerprint density at radius 1 is 1.00 bits per heavy atom. The number of halogens is 1. The van der Waals surface area contributed by atoms with Gasteiger partial charge in [0.1, 0.15) is 0 Å². The van der Waals surface area contributed by atoms with Crippen molar-refractivity contribution in [1.82, 2.24) is 20.9 Å². The average molecular weight is 491 g/mol. The second-order valence-corrected chi connectivity index (χ2v) is 8.27. The van der Waals surface area contributed by atoms with Crippen molar-refractivity contribution in [3.05, 3.63) is 0 Å². The highest BCUT2D eigenvalue weighted by atomic mass is 127. The van der Waals surface area contributed by atoms with Crippen molar-refractivity contribution >= 4 is 35.8 Å². The van der Waals surface area contributed by atoms with Crippen molar-refractivity contribution in [2.75, 3.05) is 33.2 Å². The third-order valence-electron chi connectivity index (χ3n) is 6.31. The number of nitrogens with zero attached hydrogens (tertiary/aromatic N) is 2. The summed E-state index contributed by atoms with van der Waals surface area (Å²) in [6.07, 6.45) is 12.5. The van der Waals surface area contributed by atoms with E-state index in [9.17, 15) is 4.79 Å². The predicted molar refractivity (Wildman–Crippen MR) is 122 cm³/mol. The zero-order valence-corrected chi connectivity index (χ0v) is 19.2. The Bertz CT molecular complexity index is 475. The van der Waals surface area contributed by atoms with Crippen LogP contribution in [0.3, 0.4) is 0 Å². The Morgan fingerprint density at radius 2 is 1.67 bits per heavy atom. The van der Waals surface area contributed by atoms with Gasteiger partial charge in [-0.2, -0.15) is 0 Å². The first-order chi connectivity index (χ1) is 12.7. The maximum absolute atomic E-state index is 12.0. The molecule has 27 heavy (non-hydrogen) atoms. The Kier molecular flexibility index (Phi) is 10.2. The first kappa shape index (κ1) is 22.7. The number of aliphatic imine (C=N–C) groups is 1. The van der Waals surface area contributed by atoms with E-state index >= 15 is 0 Å². The summed E-state index contributed by atoms with van der Waals surface area (Å²) in [6.45, 7) is 3.71. The van der Waals surface area contributed by atoms with Crippen LogP contribution >= 0.6 is 24.0 Å². The quantitative estimate of drug-likeness (QED) is 0.222. The molecular formula is C20H38IN5O. The van der Waals surface area contributed by atoms with Crippen LogP contribution in [0.4, 0.5) is 0 Å². The molecule has 0 radical (unpaired) electrons. The lowest BCUT2D eigenvalue weighted by Gasteiger charge is -2.24. The molecule has 2 aliphatic carbocycles. The number of amides is 1. The Balaban J connectivity index is 0.00000261. The Morgan fingerprint density at radius 3 is 2.37 bits per heavy atom. The molecule has 0 aromatic carbocycles. The van der Waals surface area contributed by atoms with Crippen molar-refractivity contribution < 1.29 is 4.79 Å². The van der Waals surface area contributed by atoms with Gasteiger partial charge in [0.2, 0.25) is 5.91 Å². The lowest BCUT2D eigenvalue weighted by Crippen LogP contribution is -2.47. The highest BCUT2D eigenvalue weighted by Gasteiger charge is 2.30. The van der Waals surface area contributed by atoms with E-state index < -0.39 is 0 Å². The first-order valence-electron chi connectivity index (χ1n) is 10.7. The van der Waals surface area contributed by atoms with Crippen LogP contribution in [0.2, 0.25) is 0 Å². The lowest BCUT2D eigenvalue weighted by molar-refractivity contribution is -0.121. The average Bonchev–Trinajstić information content (AvgIpc) is 3.39. The zero-order valence-electron chi connectivity index (χ0n) is 16.8. The van der Waals surface area contributed by atoms with Crippen LogP contribution in [-0.4, -0.2) is 62.1 Å². The van der Waals surface area contributed by atoms with Crippen LogP contribution in [-0.2, 0) is 4.79 Å². The molecule has 1 aliphatic heterocycles. The van der Waals surface area contributed by atoms with Crippen molar-refractivity contribution in [2.24, 2.45) is 10.9 Å². The number of likely N-dealkylation sites (tertiary alicyclic amines) is 1. The van der Waals surface area contributed by atoms with Crippen molar-refractivity contribution in [3.63, 3.8) is 0 Å². The minimum Gasteiger partial charge on any atom is -0.355 e. The van der Waals surface area contributed by atoms with Crippen molar-refractivity contribution in [2.45, 2.75) is 76.3 Å². The molecule has 1 saturated heterocycles. The molecule has 0 spiro atoms. The van der Waals surface area contributed by atoms with Crippen LogP contribution in [0.5, 0.6) is 0 Å². The van der Waals surface area contributed by atoms with E-state index in [1.807, 2.05) is 7.05 Å². The maximum Gasteiger partial charge on any atom is 0.220 e. The van der Waals surface area contributed by atoms with Gasteiger partial charge >= 0.3 is 0 Å². The Hall–Kier alpha value is -0.570. The van der Waals surface area contributed by atoms with Gasteiger partial charge in [0.25, 0.3) is 0 Å². The number of carbonyl (C=O) groups excluding carboxylic acids is 1. The molecule has 6 nitrogen and oxygen atoms in total. The second-order valence-electron chi connectivity index (χ2n) is 8.27. The van der Waals surface area contributed by atoms with Gasteiger partial charge in [0, 0.05) is 51.7 Å². The minimum absolute atomic E-state index is 0. The molecule has 156 valence electrons. The molecular weight excluding hydrogens is 453 g/mol. The highest BCUT2D eigenvalue weighted by Crippen LogP contribution is 2.27. The second kappa shape index (κ2) is 12.1. The summed E-state index contributed by atoms with van der Waals surface area (Å²) in [5.74, 6) is 1.67. The molecule has 0 aromatic heterocycles. The van der Waals surface area contributed by atoms with Gasteiger partial charge in [-0.1, -0.05) is 25.7 Å². The number of hydrogen-bond donors (Lipinski definition) is 3. The van der Waals surface area contributed by atoms with Crippen LogP contribution in [0.25, 0.3) is 0 Å². The van der Waals surface area contributed by atoms with Gasteiger partial charge in [-0.3, -0.25) is 14.7 Å². The van der Waals surface area contributed by atoms with Gasteiger partial charge in [0.15, 0.2) is 5.96 Å². The van der Waals surface area contributed by atoms with E-state index in [1.165, 1.54) is 64.3 Å². The monoisotopic (exact) mass is 491 g/mol. The van der Waals surface area contributed by atoms with E-state index in [-0.39, 0.29) is 29.9 Å². The normalized spacial score (nSPS) is 24.8. The molecule has 7 heteroatoms. The molecule has 3 rings (SSSR count). The van der Waals surface area contributed by atoms with Crippen LogP contribution in [0.15, 0.2) is 4.99 Å². The summed E-state index contributed by atoms with van der Waals surface area (Å²) < 4.78 is 0. The van der Waals surface area contributed by atoms with E-state index in [1.54, 1.807) is 0 Å². The fraction of sp³-hybridized carbons (Fsp3) is 0.900. The maximum atomic E-state index is 12.0. The molecule has 2 saturated carbocycles. The van der Waals surface area contributed by atoms with E-state index in [0.29, 0.717) is 24.9 Å². The van der Waals surface area contributed by atoms with Gasteiger partial charge in [-0.05, 0) is 38.0 Å². The van der Waals surface area contributed by atoms with E-state index in [0.717, 1.165) is 25.1 Å². The number of hydrogen-bond acceptors (Lipinski definition) is 3. The standard InChI is InChI=1S/C20H37N5O.HI/c1-21-20(23-12-11-22-19(26)14-16-6-2-3-7-16)24-17-10-13-25(15-17)18-8-4-5-9-18;/h16-18H,2-15H2,1H3,(H,22,26)(H2,21,23,24);1H. The van der Waals surface area contributed by atoms with Gasteiger partial charge in [-0.25, -0.2) is 0 Å². The molecule has 1 atom stereocenters. The summed E-state index contributed by atoms with van der Waals surface area (Å²) in [5.41, 5.74) is 0. The summed E-state index contributed by atoms with van der Waals surface area (Å²) in [6, 6.07) is 1.30. The van der Waals surface area contributed by atoms with Crippen LogP contribution in [0.1, 0.15) is 64.2 Å². The van der Waals surface area contributed by atoms with Crippen molar-refractivity contribution in [3.8, 4) is 0 Å². The summed E-state index contributed by atoms with van der Waals surface area (Å²) in [7, 11) is 1.82. The topological polar surface area (TPSA) is 68.8 Å². The van der Waals surface area contributed by atoms with E-state index in [2.05, 4.69) is 25.8 Å². The number of carbonyl (C=O) groups is 1. The minimum atomic E-state index is 0. The number of guanidine groups is 1. The highest BCUT2D eigenvalue weighted by molar-refractivity contribution is 14.0. The van der Waals surface area contributed by atoms with Crippen LogP contribution < -0.4 is 16.0 Å². The largest absolute Gasteiger partial charge is 0.355 e. The summed E-state index contributed by atoms with van der Waals surface area (Å²) in [5, 5.41) is 9.92. The fourth-order valence-corrected chi connectivity index (χ4v) is 4.83. The third-order valence-corrected chi connectivity index (χ3v) is 6.31. The molecule has 0 bridgehead atoms. The third kappa shape index (κ3) is 7.40. The van der Waals surface area contributed by atoms with Gasteiger partial charge in [0.05, 0.1) is 0 Å². The fourth-order valence-electron chi connectivity index (χ4n) is 4.83. The Labute approximate surface area is 181 Å². The van der Waals surface area contributed by atoms with Gasteiger partial charge in [-0.15, -0.1) is 24.0 Å². The first-order valence-corrected chi connectivity index (χ1v) is 10.7. The SMILES string of the molecule is CN=C(NCCNC(=O)CC1CCCC1)NC1CCN(C2CCCC2)C1.I. The van der Waals surface area contributed by atoms with Crippen molar-refractivity contribution in [1.29, 1.82) is 0 Å². The smallest absolute Gasteiger partial charge is 0.220 e. The molecule has 1 heterocycles. The molecule has 0 aromatic rings.